The minimum absolute atomic E-state index is 0.266. The summed E-state index contributed by atoms with van der Waals surface area (Å²) in [5, 5.41) is 4.15. The number of benzene rings is 1. The monoisotopic (exact) mass is 428 g/mol. The van der Waals surface area contributed by atoms with Crippen LogP contribution in [0.1, 0.15) is 5.56 Å². The van der Waals surface area contributed by atoms with Crippen molar-refractivity contribution in [3.05, 3.63) is 73.9 Å². The van der Waals surface area contributed by atoms with Crippen LogP contribution < -0.4 is 16.7 Å². The van der Waals surface area contributed by atoms with Gasteiger partial charge >= 0.3 is 5.69 Å². The molecule has 0 saturated heterocycles. The van der Waals surface area contributed by atoms with Crippen LogP contribution in [0.2, 0.25) is 0 Å². The van der Waals surface area contributed by atoms with Crippen LogP contribution in [-0.2, 0) is 13.6 Å². The van der Waals surface area contributed by atoms with Gasteiger partial charge in [0.15, 0.2) is 11.2 Å². The summed E-state index contributed by atoms with van der Waals surface area (Å²) in [5.74, 6) is 0.327. The van der Waals surface area contributed by atoms with E-state index in [0.29, 0.717) is 12.5 Å². The number of halogens is 1. The lowest BCUT2D eigenvalue weighted by Crippen LogP contribution is -2.29. The molecule has 3 aromatic rings. The van der Waals surface area contributed by atoms with E-state index >= 15 is 0 Å². The summed E-state index contributed by atoms with van der Waals surface area (Å²) >= 11 is 3.43. The molecule has 0 unspecified atom stereocenters. The largest absolute Gasteiger partial charge is 0.329 e. The highest BCUT2D eigenvalue weighted by atomic mass is 79.9. The molecule has 2 N–H and O–H groups in total. The van der Waals surface area contributed by atoms with Gasteiger partial charge in [0.25, 0.3) is 5.56 Å². The molecule has 0 fully saturated rings. The second-order valence-corrected chi connectivity index (χ2v) is 6.55. The van der Waals surface area contributed by atoms with Gasteiger partial charge in [-0.15, -0.1) is 6.58 Å². The number of hydrogen-bond donors (Lipinski definition) is 2. The summed E-state index contributed by atoms with van der Waals surface area (Å²) in [6.07, 6.45) is 5.12. The molecule has 0 aliphatic rings. The molecular formula is C18H17BrN6O2. The Morgan fingerprint density at radius 2 is 2.11 bits per heavy atom. The summed E-state index contributed by atoms with van der Waals surface area (Å²) in [6, 6.07) is 9.78. The van der Waals surface area contributed by atoms with Gasteiger partial charge in [0, 0.05) is 18.1 Å². The number of anilines is 1. The van der Waals surface area contributed by atoms with Crippen molar-refractivity contribution in [2.24, 2.45) is 12.1 Å². The zero-order chi connectivity index (χ0) is 19.4. The predicted molar refractivity (Wildman–Crippen MR) is 111 cm³/mol. The molecule has 2 aromatic heterocycles. The fourth-order valence-corrected chi connectivity index (χ4v) is 2.89. The number of nitrogens with zero attached hydrogens (tertiary/aromatic N) is 4. The quantitative estimate of drug-likeness (QED) is 0.357. The van der Waals surface area contributed by atoms with Gasteiger partial charge in [-0.1, -0.05) is 36.4 Å². The number of aromatic amines is 1. The van der Waals surface area contributed by atoms with E-state index in [-0.39, 0.29) is 11.2 Å². The molecular weight excluding hydrogens is 412 g/mol. The highest BCUT2D eigenvalue weighted by Crippen LogP contribution is 2.16. The van der Waals surface area contributed by atoms with E-state index in [0.717, 1.165) is 10.0 Å². The van der Waals surface area contributed by atoms with Crippen molar-refractivity contribution in [1.29, 1.82) is 0 Å². The Morgan fingerprint density at radius 3 is 2.81 bits per heavy atom. The summed E-state index contributed by atoms with van der Waals surface area (Å²) < 4.78 is 3.63. The fourth-order valence-electron chi connectivity index (χ4n) is 2.52. The van der Waals surface area contributed by atoms with E-state index in [4.69, 9.17) is 0 Å². The van der Waals surface area contributed by atoms with Crippen LogP contribution in [0, 0.1) is 0 Å². The normalized spacial score (nSPS) is 12.0. The van der Waals surface area contributed by atoms with Gasteiger partial charge in [0.2, 0.25) is 5.95 Å². The number of nitrogens with one attached hydrogen (secondary N) is 2. The number of rotatable bonds is 6. The molecule has 0 radical (unpaired) electrons. The van der Waals surface area contributed by atoms with Gasteiger partial charge in [-0.3, -0.25) is 18.9 Å². The highest BCUT2D eigenvalue weighted by Gasteiger charge is 2.16. The van der Waals surface area contributed by atoms with Crippen LogP contribution in [0.4, 0.5) is 5.95 Å². The van der Waals surface area contributed by atoms with E-state index in [1.807, 2.05) is 36.4 Å². The standard InChI is InChI=1S/C18H17BrN6O2/c1-3-9-25-14-15(24(2)18(27)22-16(14)26)21-17(25)23-20-11-13(19)10-12-7-5-4-6-8-12/h3-8,10-11H,1,9H2,2H3,(H,21,23)(H,22,26,27)/b13-10-,20-11-. The minimum Gasteiger partial charge on any atom is -0.299 e. The average Bonchev–Trinajstić information content (AvgIpc) is 3.00. The van der Waals surface area contributed by atoms with Crippen LogP contribution in [0.15, 0.2) is 62.2 Å². The van der Waals surface area contributed by atoms with Crippen molar-refractivity contribution in [2.75, 3.05) is 5.43 Å². The van der Waals surface area contributed by atoms with Gasteiger partial charge in [-0.05, 0) is 27.6 Å². The van der Waals surface area contributed by atoms with Crippen LogP contribution in [0.3, 0.4) is 0 Å². The number of aromatic nitrogens is 4. The second kappa shape index (κ2) is 8.00. The van der Waals surface area contributed by atoms with Crippen LogP contribution in [-0.4, -0.2) is 25.3 Å². The highest BCUT2D eigenvalue weighted by molar-refractivity contribution is 9.12. The first-order chi connectivity index (χ1) is 13.0. The molecule has 3 rings (SSSR count). The molecule has 2 heterocycles. The molecule has 0 spiro atoms. The van der Waals surface area contributed by atoms with Gasteiger partial charge in [0.05, 0.1) is 6.21 Å². The molecule has 0 atom stereocenters. The first kappa shape index (κ1) is 18.6. The van der Waals surface area contributed by atoms with Gasteiger partial charge in [-0.25, -0.2) is 10.2 Å². The first-order valence-electron chi connectivity index (χ1n) is 8.03. The van der Waals surface area contributed by atoms with Crippen molar-refractivity contribution in [3.8, 4) is 0 Å². The predicted octanol–water partition coefficient (Wildman–Crippen LogP) is 2.44. The zero-order valence-electron chi connectivity index (χ0n) is 14.5. The first-order valence-corrected chi connectivity index (χ1v) is 8.82. The molecule has 1 aromatic carbocycles. The van der Waals surface area contributed by atoms with Crippen LogP contribution in [0.5, 0.6) is 0 Å². The van der Waals surface area contributed by atoms with Crippen molar-refractivity contribution >= 4 is 45.3 Å². The molecule has 0 saturated carbocycles. The molecule has 0 aliphatic carbocycles. The lowest BCUT2D eigenvalue weighted by Gasteiger charge is -2.04. The maximum absolute atomic E-state index is 12.2. The van der Waals surface area contributed by atoms with E-state index in [9.17, 15) is 9.59 Å². The van der Waals surface area contributed by atoms with E-state index < -0.39 is 11.2 Å². The molecule has 9 heteroatoms. The number of allylic oxidation sites excluding steroid dienone is 2. The molecule has 0 aliphatic heterocycles. The Bertz CT molecular complexity index is 1150. The van der Waals surface area contributed by atoms with E-state index in [1.165, 1.54) is 11.6 Å². The van der Waals surface area contributed by atoms with Crippen molar-refractivity contribution < 1.29 is 0 Å². The van der Waals surface area contributed by atoms with Gasteiger partial charge < -0.3 is 0 Å². The number of fused-ring (bicyclic) bond motifs is 1. The number of aryl methyl sites for hydroxylation is 1. The zero-order valence-corrected chi connectivity index (χ0v) is 16.1. The third-order valence-corrected chi connectivity index (χ3v) is 4.21. The van der Waals surface area contributed by atoms with Gasteiger partial charge in [0.1, 0.15) is 0 Å². The van der Waals surface area contributed by atoms with Crippen LogP contribution >= 0.6 is 15.9 Å². The Balaban J connectivity index is 1.94. The second-order valence-electron chi connectivity index (χ2n) is 5.64. The maximum atomic E-state index is 12.2. The molecule has 27 heavy (non-hydrogen) atoms. The number of hydrogen-bond acceptors (Lipinski definition) is 5. The van der Waals surface area contributed by atoms with Gasteiger partial charge in [-0.2, -0.15) is 10.1 Å². The average molecular weight is 429 g/mol. The van der Waals surface area contributed by atoms with E-state index in [2.05, 4.69) is 43.0 Å². The van der Waals surface area contributed by atoms with Crippen molar-refractivity contribution in [1.82, 2.24) is 19.1 Å². The fraction of sp³-hybridized carbons (Fsp3) is 0.111. The Morgan fingerprint density at radius 1 is 1.37 bits per heavy atom. The molecule has 0 amide bonds. The number of H-pyrrole nitrogens is 1. The lowest BCUT2D eigenvalue weighted by molar-refractivity contribution is 0.819. The maximum Gasteiger partial charge on any atom is 0.329 e. The molecule has 0 bridgehead atoms. The van der Waals surface area contributed by atoms with E-state index in [1.54, 1.807) is 16.9 Å². The number of imidazole rings is 1. The Hall–Kier alpha value is -3.20. The Labute approximate surface area is 162 Å². The third kappa shape index (κ3) is 3.98. The number of hydrazone groups is 1. The topological polar surface area (TPSA) is 97.1 Å². The SMILES string of the molecule is C=CCn1c(N/N=C\C(Br)=C\c2ccccc2)nc2c1c(=O)[nH]c(=O)n2C. The van der Waals surface area contributed by atoms with Crippen molar-refractivity contribution in [3.63, 3.8) is 0 Å². The molecule has 8 nitrogen and oxygen atoms in total. The summed E-state index contributed by atoms with van der Waals surface area (Å²) in [4.78, 5) is 30.6. The summed E-state index contributed by atoms with van der Waals surface area (Å²) in [6.45, 7) is 4.03. The Kier molecular flexibility index (Phi) is 5.51. The van der Waals surface area contributed by atoms with Crippen molar-refractivity contribution in [2.45, 2.75) is 6.54 Å². The lowest BCUT2D eigenvalue weighted by atomic mass is 10.2. The minimum atomic E-state index is -0.528. The van der Waals surface area contributed by atoms with Crippen LogP contribution in [0.25, 0.3) is 17.2 Å². The molecule has 138 valence electrons. The third-order valence-electron chi connectivity index (χ3n) is 3.78. The summed E-state index contributed by atoms with van der Waals surface area (Å²) in [5.41, 5.74) is 3.34. The smallest absolute Gasteiger partial charge is 0.299 e. The summed E-state index contributed by atoms with van der Waals surface area (Å²) in [7, 11) is 1.54.